The van der Waals surface area contributed by atoms with Gasteiger partial charge in [-0.15, -0.1) is 10.2 Å². The van der Waals surface area contributed by atoms with E-state index in [1.54, 1.807) is 22.9 Å². The number of fused-ring (bicyclic) bond motifs is 3. The number of benzene rings is 1. The van der Waals surface area contributed by atoms with Crippen LogP contribution in [0.5, 0.6) is 0 Å². The molecule has 0 radical (unpaired) electrons. The molecule has 4 aromatic rings. The fourth-order valence-corrected chi connectivity index (χ4v) is 3.90. The Labute approximate surface area is 160 Å². The number of aryl methyl sites for hydroxylation is 1. The lowest BCUT2D eigenvalue weighted by atomic mass is 9.87. The van der Waals surface area contributed by atoms with Crippen LogP contribution in [0.4, 0.5) is 4.39 Å². The first kappa shape index (κ1) is 16.8. The van der Waals surface area contributed by atoms with Crippen LogP contribution in [0.25, 0.3) is 16.8 Å². The number of halogens is 1. The Morgan fingerprint density at radius 2 is 2.00 bits per heavy atom. The summed E-state index contributed by atoms with van der Waals surface area (Å²) in [4.78, 5) is 12.7. The van der Waals surface area contributed by atoms with Crippen LogP contribution in [-0.4, -0.2) is 25.6 Å². The molecule has 0 bridgehead atoms. The van der Waals surface area contributed by atoms with Gasteiger partial charge >= 0.3 is 0 Å². The van der Waals surface area contributed by atoms with Crippen LogP contribution in [0.1, 0.15) is 46.9 Å². The average molecular weight is 376 g/mol. The Kier molecular flexibility index (Phi) is 3.82. The molecule has 0 saturated carbocycles. The molecule has 0 aliphatic heterocycles. The van der Waals surface area contributed by atoms with E-state index in [1.807, 2.05) is 19.1 Å². The summed E-state index contributed by atoms with van der Waals surface area (Å²) < 4.78 is 20.6. The normalized spacial score (nSPS) is 16.5. The highest BCUT2D eigenvalue weighted by atomic mass is 19.1. The van der Waals surface area contributed by atoms with Crippen molar-refractivity contribution in [2.24, 2.45) is 0 Å². The summed E-state index contributed by atoms with van der Waals surface area (Å²) >= 11 is 0. The van der Waals surface area contributed by atoms with Gasteiger partial charge in [0.05, 0.1) is 23.2 Å². The van der Waals surface area contributed by atoms with Crippen molar-refractivity contribution in [3.63, 3.8) is 0 Å². The number of furan rings is 1. The largest absolute Gasteiger partial charge is 0.469 e. The lowest BCUT2D eigenvalue weighted by Gasteiger charge is -2.21. The molecule has 3 heterocycles. The highest BCUT2D eigenvalue weighted by Gasteiger charge is 2.32. The van der Waals surface area contributed by atoms with E-state index < -0.39 is 0 Å². The van der Waals surface area contributed by atoms with Crippen LogP contribution in [-0.2, 0) is 12.8 Å². The second kappa shape index (κ2) is 6.37. The van der Waals surface area contributed by atoms with Gasteiger partial charge in [0, 0.05) is 18.8 Å². The van der Waals surface area contributed by atoms with Crippen molar-refractivity contribution in [3.05, 3.63) is 71.3 Å². The molecule has 3 aromatic heterocycles. The van der Waals surface area contributed by atoms with Gasteiger partial charge < -0.3 is 4.42 Å². The van der Waals surface area contributed by atoms with Crippen LogP contribution < -0.4 is 0 Å². The van der Waals surface area contributed by atoms with Crippen molar-refractivity contribution >= 4 is 11.4 Å². The molecular formula is C21H17FN4O2. The number of carbonyl (C=O) groups excluding carboxylic acids is 1. The third kappa shape index (κ3) is 2.54. The molecule has 0 N–H and O–H groups in total. The van der Waals surface area contributed by atoms with Crippen molar-refractivity contribution in [2.75, 3.05) is 0 Å². The average Bonchev–Trinajstić information content (AvgIpc) is 3.36. The first-order valence-corrected chi connectivity index (χ1v) is 9.25. The molecule has 0 saturated heterocycles. The van der Waals surface area contributed by atoms with Gasteiger partial charge in [-0.3, -0.25) is 4.79 Å². The van der Waals surface area contributed by atoms with Gasteiger partial charge in [-0.2, -0.15) is 5.10 Å². The predicted octanol–water partition coefficient (Wildman–Crippen LogP) is 4.00. The first-order valence-electron chi connectivity index (χ1n) is 9.25. The van der Waals surface area contributed by atoms with E-state index in [9.17, 15) is 9.18 Å². The number of hydrogen-bond donors (Lipinski definition) is 0. The first-order chi connectivity index (χ1) is 13.7. The summed E-state index contributed by atoms with van der Waals surface area (Å²) in [6, 6.07) is 9.97. The zero-order valence-electron chi connectivity index (χ0n) is 15.2. The van der Waals surface area contributed by atoms with Crippen LogP contribution >= 0.6 is 0 Å². The van der Waals surface area contributed by atoms with Crippen molar-refractivity contribution in [2.45, 2.75) is 32.1 Å². The van der Waals surface area contributed by atoms with Gasteiger partial charge in [0.2, 0.25) is 0 Å². The van der Waals surface area contributed by atoms with E-state index in [0.717, 1.165) is 28.3 Å². The van der Waals surface area contributed by atoms with Gasteiger partial charge in [0.1, 0.15) is 11.6 Å². The van der Waals surface area contributed by atoms with E-state index in [1.165, 1.54) is 12.1 Å². The second-order valence-corrected chi connectivity index (χ2v) is 6.96. The molecule has 6 nitrogen and oxygen atoms in total. The fourth-order valence-electron chi connectivity index (χ4n) is 3.90. The van der Waals surface area contributed by atoms with E-state index in [2.05, 4.69) is 10.2 Å². The van der Waals surface area contributed by atoms with E-state index in [-0.39, 0.29) is 17.5 Å². The predicted molar refractivity (Wildman–Crippen MR) is 99.7 cm³/mol. The maximum atomic E-state index is 13.4. The fraction of sp³-hybridized carbons (Fsp3) is 0.238. The minimum Gasteiger partial charge on any atom is -0.469 e. The quantitative estimate of drug-likeness (QED) is 0.540. The molecule has 1 aliphatic rings. The van der Waals surface area contributed by atoms with Crippen LogP contribution in [0.2, 0.25) is 0 Å². The zero-order valence-corrected chi connectivity index (χ0v) is 15.2. The smallest absolute Gasteiger partial charge is 0.185 e. The zero-order chi connectivity index (χ0) is 19.3. The molecule has 0 amide bonds. The molecule has 7 heteroatoms. The number of Topliss-reactive ketones (excluding diaryl/α,β-unsaturated/α-hetero) is 1. The molecule has 1 aliphatic carbocycles. The number of rotatable bonds is 3. The molecule has 1 atom stereocenters. The van der Waals surface area contributed by atoms with Crippen molar-refractivity contribution in [1.82, 2.24) is 19.8 Å². The third-order valence-corrected chi connectivity index (χ3v) is 5.26. The Hall–Kier alpha value is -3.35. The number of carbonyl (C=O) groups is 1. The molecule has 0 unspecified atom stereocenters. The lowest BCUT2D eigenvalue weighted by Crippen LogP contribution is -2.24. The van der Waals surface area contributed by atoms with Gasteiger partial charge in [-0.05, 0) is 36.2 Å². The summed E-state index contributed by atoms with van der Waals surface area (Å²) in [5, 5.41) is 13.3. The molecule has 28 heavy (non-hydrogen) atoms. The summed E-state index contributed by atoms with van der Waals surface area (Å²) in [5.74, 6) is 0.374. The van der Waals surface area contributed by atoms with Gasteiger partial charge in [-0.1, -0.05) is 19.1 Å². The minimum absolute atomic E-state index is 0.0500. The molecule has 0 fully saturated rings. The van der Waals surface area contributed by atoms with Crippen molar-refractivity contribution in [1.29, 1.82) is 0 Å². The molecule has 0 spiro atoms. The summed E-state index contributed by atoms with van der Waals surface area (Å²) in [6.07, 6.45) is 3.23. The Morgan fingerprint density at radius 3 is 2.71 bits per heavy atom. The highest BCUT2D eigenvalue weighted by Crippen LogP contribution is 2.34. The number of nitrogens with zero attached hydrogens (tertiary/aromatic N) is 4. The monoisotopic (exact) mass is 376 g/mol. The van der Waals surface area contributed by atoms with Crippen LogP contribution in [0.15, 0.2) is 47.1 Å². The molecule has 140 valence electrons. The lowest BCUT2D eigenvalue weighted by molar-refractivity contribution is 0.0951. The van der Waals surface area contributed by atoms with E-state index >= 15 is 0 Å². The Morgan fingerprint density at radius 1 is 1.18 bits per heavy atom. The van der Waals surface area contributed by atoms with Gasteiger partial charge in [0.25, 0.3) is 0 Å². The standard InChI is InChI=1S/C21H17FN4O2/c1-2-15-19(12-5-7-14(22)8-6-12)21-24-23-20-16(26(21)25-15)10-13(11-17(20)27)18-4-3-9-28-18/h3-9,13H,2,10-11H2,1H3/t13-/m1/s1. The number of aromatic nitrogens is 4. The van der Waals surface area contributed by atoms with Crippen LogP contribution in [0.3, 0.4) is 0 Å². The highest BCUT2D eigenvalue weighted by molar-refractivity contribution is 5.97. The maximum absolute atomic E-state index is 13.4. The second-order valence-electron chi connectivity index (χ2n) is 6.96. The van der Waals surface area contributed by atoms with Gasteiger partial charge in [-0.25, -0.2) is 8.91 Å². The van der Waals surface area contributed by atoms with E-state index in [0.29, 0.717) is 30.6 Å². The maximum Gasteiger partial charge on any atom is 0.185 e. The molecule has 1 aromatic carbocycles. The number of hydrogen-bond acceptors (Lipinski definition) is 5. The summed E-state index contributed by atoms with van der Waals surface area (Å²) in [5.41, 5.74) is 4.17. The SMILES string of the molecule is CCc1nn2c3c(nnc2c1-c1ccc(F)cc1)C(=O)C[C@H](c1ccco1)C3. The summed E-state index contributed by atoms with van der Waals surface area (Å²) in [7, 11) is 0. The molecular weight excluding hydrogens is 359 g/mol. The topological polar surface area (TPSA) is 73.3 Å². The third-order valence-electron chi connectivity index (χ3n) is 5.26. The van der Waals surface area contributed by atoms with Crippen molar-refractivity contribution in [3.8, 4) is 11.1 Å². The number of ketones is 1. The summed E-state index contributed by atoms with van der Waals surface area (Å²) in [6.45, 7) is 2.01. The van der Waals surface area contributed by atoms with Crippen LogP contribution in [0, 0.1) is 5.82 Å². The van der Waals surface area contributed by atoms with E-state index in [4.69, 9.17) is 9.52 Å². The Bertz CT molecular complexity index is 1180. The van der Waals surface area contributed by atoms with Gasteiger partial charge in [0.15, 0.2) is 17.1 Å². The minimum atomic E-state index is -0.298. The molecule has 5 rings (SSSR count). The Balaban J connectivity index is 1.70. The van der Waals surface area contributed by atoms with Crippen molar-refractivity contribution < 1.29 is 13.6 Å².